The minimum Gasteiger partial charge on any atom is -0.331 e. The van der Waals surface area contributed by atoms with Gasteiger partial charge in [0.2, 0.25) is 0 Å². The quantitative estimate of drug-likeness (QED) is 0.878. The van der Waals surface area contributed by atoms with Crippen LogP contribution in [0.25, 0.3) is 0 Å². The molecule has 0 aliphatic rings. The fourth-order valence-corrected chi connectivity index (χ4v) is 2.16. The Labute approximate surface area is 137 Å². The smallest absolute Gasteiger partial charge is 0.331 e. The lowest BCUT2D eigenvalue weighted by molar-refractivity contribution is -0.139. The van der Waals surface area contributed by atoms with Crippen LogP contribution in [0.1, 0.15) is 29.3 Å². The van der Waals surface area contributed by atoms with Crippen molar-refractivity contribution >= 4 is 6.03 Å². The van der Waals surface area contributed by atoms with Crippen LogP contribution >= 0.6 is 0 Å². The van der Waals surface area contributed by atoms with E-state index in [1.54, 1.807) is 24.3 Å². The highest BCUT2D eigenvalue weighted by atomic mass is 19.4. The zero-order valence-electron chi connectivity index (χ0n) is 13.3. The molecule has 0 saturated carbocycles. The molecule has 6 nitrogen and oxygen atoms in total. The highest BCUT2D eigenvalue weighted by molar-refractivity contribution is 5.74. The molecule has 1 aromatic heterocycles. The Morgan fingerprint density at radius 3 is 2.54 bits per heavy atom. The van der Waals surface area contributed by atoms with Crippen LogP contribution in [0.4, 0.5) is 18.0 Å². The van der Waals surface area contributed by atoms with Crippen molar-refractivity contribution in [1.82, 2.24) is 25.6 Å². The van der Waals surface area contributed by atoms with Gasteiger partial charge in [0.1, 0.15) is 5.69 Å². The Hall–Kier alpha value is -2.58. The molecule has 2 N–H and O–H groups in total. The molecule has 0 aliphatic carbocycles. The SMILES string of the molecule is Cc1ccc(C(CC(F)(F)F)NC(=O)N(C)Cc2cn[nH]n2)cc1. The molecule has 2 rings (SSSR count). The molecule has 0 aliphatic heterocycles. The maximum absolute atomic E-state index is 12.8. The number of hydrogen-bond acceptors (Lipinski definition) is 3. The molecule has 1 heterocycles. The highest BCUT2D eigenvalue weighted by Gasteiger charge is 2.33. The lowest BCUT2D eigenvalue weighted by Gasteiger charge is -2.24. The number of carbonyl (C=O) groups excluding carboxylic acids is 1. The summed E-state index contributed by atoms with van der Waals surface area (Å²) in [4.78, 5) is 13.4. The molecule has 0 spiro atoms. The van der Waals surface area contributed by atoms with Crippen LogP contribution in [0.5, 0.6) is 0 Å². The number of rotatable bonds is 5. The number of aromatic amines is 1. The van der Waals surface area contributed by atoms with E-state index in [9.17, 15) is 18.0 Å². The summed E-state index contributed by atoms with van der Waals surface area (Å²) in [5.74, 6) is 0. The third-order valence-corrected chi connectivity index (χ3v) is 3.42. The van der Waals surface area contributed by atoms with Gasteiger partial charge in [-0.25, -0.2) is 4.79 Å². The number of benzene rings is 1. The topological polar surface area (TPSA) is 73.9 Å². The van der Waals surface area contributed by atoms with Gasteiger partial charge in [-0.1, -0.05) is 29.8 Å². The molecule has 24 heavy (non-hydrogen) atoms. The van der Waals surface area contributed by atoms with E-state index in [4.69, 9.17) is 0 Å². The van der Waals surface area contributed by atoms with Gasteiger partial charge in [0.15, 0.2) is 0 Å². The van der Waals surface area contributed by atoms with Crippen molar-refractivity contribution in [2.75, 3.05) is 7.05 Å². The first-order valence-corrected chi connectivity index (χ1v) is 7.24. The van der Waals surface area contributed by atoms with E-state index >= 15 is 0 Å². The zero-order valence-corrected chi connectivity index (χ0v) is 13.3. The first-order chi connectivity index (χ1) is 11.2. The number of aromatic nitrogens is 3. The molecular formula is C15H18F3N5O. The zero-order chi connectivity index (χ0) is 17.7. The van der Waals surface area contributed by atoms with Gasteiger partial charge < -0.3 is 10.2 Å². The van der Waals surface area contributed by atoms with Crippen molar-refractivity contribution in [3.05, 3.63) is 47.3 Å². The van der Waals surface area contributed by atoms with Crippen molar-refractivity contribution in [1.29, 1.82) is 0 Å². The molecule has 1 aromatic carbocycles. The van der Waals surface area contributed by atoms with Crippen LogP contribution in [-0.2, 0) is 6.54 Å². The number of nitrogens with zero attached hydrogens (tertiary/aromatic N) is 3. The van der Waals surface area contributed by atoms with E-state index in [1.807, 2.05) is 6.92 Å². The average Bonchev–Trinajstić information content (AvgIpc) is 2.98. The average molecular weight is 341 g/mol. The lowest BCUT2D eigenvalue weighted by atomic mass is 10.0. The largest absolute Gasteiger partial charge is 0.391 e. The molecule has 2 amide bonds. The second-order valence-corrected chi connectivity index (χ2v) is 5.55. The number of urea groups is 1. The number of nitrogens with one attached hydrogen (secondary N) is 2. The van der Waals surface area contributed by atoms with Crippen molar-refractivity contribution < 1.29 is 18.0 Å². The molecule has 130 valence electrons. The summed E-state index contributed by atoms with van der Waals surface area (Å²) in [5, 5.41) is 12.3. The fraction of sp³-hybridized carbons (Fsp3) is 0.400. The Kier molecular flexibility index (Phi) is 5.42. The summed E-state index contributed by atoms with van der Waals surface area (Å²) in [5.41, 5.74) is 1.84. The van der Waals surface area contributed by atoms with E-state index in [-0.39, 0.29) is 6.54 Å². The number of H-pyrrole nitrogens is 1. The Bertz CT molecular complexity index is 655. The first-order valence-electron chi connectivity index (χ1n) is 7.24. The summed E-state index contributed by atoms with van der Waals surface area (Å²) in [7, 11) is 1.48. The molecule has 0 bridgehead atoms. The van der Waals surface area contributed by atoms with Gasteiger partial charge >= 0.3 is 12.2 Å². The summed E-state index contributed by atoms with van der Waals surface area (Å²) in [6.45, 7) is 1.97. The predicted molar refractivity (Wildman–Crippen MR) is 81.0 cm³/mol. The van der Waals surface area contributed by atoms with Gasteiger partial charge in [0.25, 0.3) is 0 Å². The third kappa shape index (κ3) is 5.25. The van der Waals surface area contributed by atoms with Crippen LogP contribution in [0.3, 0.4) is 0 Å². The van der Waals surface area contributed by atoms with Crippen molar-refractivity contribution in [2.45, 2.75) is 32.1 Å². The third-order valence-electron chi connectivity index (χ3n) is 3.42. The number of halogens is 3. The highest BCUT2D eigenvalue weighted by Crippen LogP contribution is 2.29. The van der Waals surface area contributed by atoms with Crippen molar-refractivity contribution in [3.63, 3.8) is 0 Å². The number of hydrogen-bond donors (Lipinski definition) is 2. The van der Waals surface area contributed by atoms with Gasteiger partial charge in [0, 0.05) is 7.05 Å². The van der Waals surface area contributed by atoms with E-state index in [1.165, 1.54) is 18.1 Å². The van der Waals surface area contributed by atoms with E-state index in [0.717, 1.165) is 5.56 Å². The van der Waals surface area contributed by atoms with E-state index < -0.39 is 24.7 Å². The van der Waals surface area contributed by atoms with Crippen molar-refractivity contribution in [3.8, 4) is 0 Å². The fourth-order valence-electron chi connectivity index (χ4n) is 2.16. The first kappa shape index (κ1) is 17.8. The molecule has 1 unspecified atom stereocenters. The Morgan fingerprint density at radius 1 is 1.33 bits per heavy atom. The molecule has 0 fully saturated rings. The molecular weight excluding hydrogens is 323 g/mol. The van der Waals surface area contributed by atoms with Crippen LogP contribution in [0.15, 0.2) is 30.5 Å². The van der Waals surface area contributed by atoms with E-state index in [2.05, 4.69) is 20.7 Å². The maximum Gasteiger partial charge on any atom is 0.391 e. The summed E-state index contributed by atoms with van der Waals surface area (Å²) >= 11 is 0. The maximum atomic E-state index is 12.8. The van der Waals surface area contributed by atoms with Gasteiger partial charge in [-0.2, -0.15) is 28.6 Å². The molecule has 0 saturated heterocycles. The summed E-state index contributed by atoms with van der Waals surface area (Å²) in [6, 6.07) is 4.83. The standard InChI is InChI=1S/C15H18F3N5O/c1-10-3-5-11(6-4-10)13(7-15(16,17)18)20-14(24)23(2)9-12-8-19-22-21-12/h3-6,8,13H,7,9H2,1-2H3,(H,20,24)(H,19,21,22). The number of aryl methyl sites for hydroxylation is 1. The monoisotopic (exact) mass is 341 g/mol. The van der Waals surface area contributed by atoms with Crippen LogP contribution < -0.4 is 5.32 Å². The Balaban J connectivity index is 2.09. The van der Waals surface area contributed by atoms with Gasteiger partial charge in [-0.15, -0.1) is 0 Å². The second-order valence-electron chi connectivity index (χ2n) is 5.55. The minimum absolute atomic E-state index is 0.134. The van der Waals surface area contributed by atoms with Gasteiger partial charge in [-0.3, -0.25) is 0 Å². The normalized spacial score (nSPS) is 12.7. The Morgan fingerprint density at radius 2 is 2.00 bits per heavy atom. The molecule has 2 aromatic rings. The van der Waals surface area contributed by atoms with E-state index in [0.29, 0.717) is 11.3 Å². The number of carbonyl (C=O) groups is 1. The van der Waals surface area contributed by atoms with Crippen LogP contribution in [0, 0.1) is 6.92 Å². The molecule has 1 atom stereocenters. The minimum atomic E-state index is -4.40. The van der Waals surface area contributed by atoms with Crippen molar-refractivity contribution in [2.24, 2.45) is 0 Å². The van der Waals surface area contributed by atoms with Gasteiger partial charge in [0.05, 0.1) is 25.2 Å². The number of amides is 2. The second kappa shape index (κ2) is 7.33. The van der Waals surface area contributed by atoms with Crippen LogP contribution in [0.2, 0.25) is 0 Å². The predicted octanol–water partition coefficient (Wildman–Crippen LogP) is 2.95. The lowest BCUT2D eigenvalue weighted by Crippen LogP contribution is -2.40. The summed E-state index contributed by atoms with van der Waals surface area (Å²) in [6.07, 6.45) is -4.09. The van der Waals surface area contributed by atoms with Crippen LogP contribution in [-0.4, -0.2) is 39.6 Å². The van der Waals surface area contributed by atoms with Gasteiger partial charge in [-0.05, 0) is 12.5 Å². The summed E-state index contributed by atoms with van der Waals surface area (Å²) < 4.78 is 38.5. The molecule has 0 radical (unpaired) electrons. The molecule has 9 heteroatoms. The number of alkyl halides is 3.